The second-order valence-corrected chi connectivity index (χ2v) is 4.55. The zero-order valence-electron chi connectivity index (χ0n) is 11.5. The Kier molecular flexibility index (Phi) is 4.26. The van der Waals surface area contributed by atoms with E-state index in [1.54, 1.807) is 0 Å². The third-order valence-corrected chi connectivity index (χ3v) is 3.13. The van der Waals surface area contributed by atoms with Crippen LogP contribution in [0.5, 0.6) is 5.75 Å². The summed E-state index contributed by atoms with van der Waals surface area (Å²) in [6.07, 6.45) is 1.16. The van der Waals surface area contributed by atoms with E-state index in [0.29, 0.717) is 6.61 Å². The van der Waals surface area contributed by atoms with Gasteiger partial charge < -0.3 is 15.0 Å². The van der Waals surface area contributed by atoms with E-state index in [4.69, 9.17) is 4.74 Å². The number of aromatic amines is 1. The lowest BCUT2D eigenvalue weighted by Gasteiger charge is -2.05. The molecule has 2 rings (SSSR count). The number of aryl methyl sites for hydroxylation is 1. The Labute approximate surface area is 109 Å². The van der Waals surface area contributed by atoms with Crippen molar-refractivity contribution in [1.29, 1.82) is 0 Å². The van der Waals surface area contributed by atoms with Crippen LogP contribution >= 0.6 is 0 Å². The molecule has 1 aromatic carbocycles. The summed E-state index contributed by atoms with van der Waals surface area (Å²) in [6, 6.07) is 6.24. The number of fused-ring (bicyclic) bond motifs is 1. The number of nitrogens with one attached hydrogen (secondary N) is 2. The van der Waals surface area contributed by atoms with Crippen molar-refractivity contribution in [3.05, 3.63) is 29.5 Å². The molecule has 2 aromatic rings. The summed E-state index contributed by atoms with van der Waals surface area (Å²) in [5.41, 5.74) is 3.77. The van der Waals surface area contributed by atoms with Crippen LogP contribution in [0.1, 0.15) is 31.5 Å². The summed E-state index contributed by atoms with van der Waals surface area (Å²) in [4.78, 5) is 3.43. The number of H-pyrrole nitrogens is 1. The van der Waals surface area contributed by atoms with Crippen LogP contribution in [0.25, 0.3) is 10.9 Å². The Hall–Kier alpha value is -1.48. The van der Waals surface area contributed by atoms with Crippen molar-refractivity contribution in [2.45, 2.75) is 33.7 Å². The molecule has 0 aliphatic carbocycles. The van der Waals surface area contributed by atoms with E-state index in [1.165, 1.54) is 22.2 Å². The van der Waals surface area contributed by atoms with Gasteiger partial charge in [-0.3, -0.25) is 0 Å². The second kappa shape index (κ2) is 5.91. The van der Waals surface area contributed by atoms with Gasteiger partial charge in [0.1, 0.15) is 5.75 Å². The molecule has 0 spiro atoms. The third kappa shape index (κ3) is 2.67. The molecule has 18 heavy (non-hydrogen) atoms. The van der Waals surface area contributed by atoms with Gasteiger partial charge in [0.2, 0.25) is 0 Å². The first-order chi connectivity index (χ1) is 8.76. The predicted octanol–water partition coefficient (Wildman–Crippen LogP) is 3.37. The lowest BCUT2D eigenvalue weighted by atomic mass is 10.1. The van der Waals surface area contributed by atoms with Crippen molar-refractivity contribution < 1.29 is 4.74 Å². The first-order valence-electron chi connectivity index (χ1n) is 6.71. The molecule has 1 heterocycles. The summed E-state index contributed by atoms with van der Waals surface area (Å²) >= 11 is 0. The van der Waals surface area contributed by atoms with Crippen LogP contribution in [0.3, 0.4) is 0 Å². The quantitative estimate of drug-likeness (QED) is 0.767. The number of benzene rings is 1. The van der Waals surface area contributed by atoms with Crippen molar-refractivity contribution in [2.24, 2.45) is 0 Å². The van der Waals surface area contributed by atoms with Gasteiger partial charge >= 0.3 is 0 Å². The zero-order chi connectivity index (χ0) is 13.0. The van der Waals surface area contributed by atoms with Crippen LogP contribution in [0, 0.1) is 6.92 Å². The van der Waals surface area contributed by atoms with Gasteiger partial charge in [-0.15, -0.1) is 0 Å². The van der Waals surface area contributed by atoms with E-state index < -0.39 is 0 Å². The van der Waals surface area contributed by atoms with Gasteiger partial charge in [0.15, 0.2) is 0 Å². The highest BCUT2D eigenvalue weighted by Gasteiger charge is 2.08. The van der Waals surface area contributed by atoms with Crippen LogP contribution in [0.15, 0.2) is 18.2 Å². The fourth-order valence-corrected chi connectivity index (χ4v) is 2.24. The summed E-state index contributed by atoms with van der Waals surface area (Å²) in [5.74, 6) is 0.945. The average Bonchev–Trinajstić information content (AvgIpc) is 2.66. The van der Waals surface area contributed by atoms with Crippen LogP contribution in [0.2, 0.25) is 0 Å². The first-order valence-corrected chi connectivity index (χ1v) is 6.71. The van der Waals surface area contributed by atoms with Gasteiger partial charge in [-0.05, 0) is 50.6 Å². The van der Waals surface area contributed by atoms with Crippen molar-refractivity contribution in [3.63, 3.8) is 0 Å². The average molecular weight is 246 g/mol. The lowest BCUT2D eigenvalue weighted by Crippen LogP contribution is -2.14. The van der Waals surface area contributed by atoms with E-state index in [0.717, 1.165) is 25.3 Å². The Morgan fingerprint density at radius 1 is 1.28 bits per heavy atom. The van der Waals surface area contributed by atoms with Crippen LogP contribution in [-0.4, -0.2) is 18.1 Å². The number of aromatic nitrogens is 1. The van der Waals surface area contributed by atoms with Crippen molar-refractivity contribution in [1.82, 2.24) is 10.3 Å². The summed E-state index contributed by atoms with van der Waals surface area (Å²) in [5, 5.41) is 4.73. The molecule has 0 fully saturated rings. The van der Waals surface area contributed by atoms with Crippen LogP contribution in [-0.2, 0) is 6.54 Å². The maximum Gasteiger partial charge on any atom is 0.120 e. The maximum absolute atomic E-state index is 5.57. The molecule has 0 bridgehead atoms. The molecule has 0 amide bonds. The molecule has 0 saturated heterocycles. The highest BCUT2D eigenvalue weighted by atomic mass is 16.5. The minimum Gasteiger partial charge on any atom is -0.494 e. The minimum absolute atomic E-state index is 0.707. The van der Waals surface area contributed by atoms with E-state index in [2.05, 4.69) is 36.3 Å². The molecule has 0 atom stereocenters. The number of hydrogen-bond acceptors (Lipinski definition) is 2. The standard InChI is InChI=1S/C15H22N2O/c1-4-8-16-10-14-11(3)17-15-7-6-12(18-5-2)9-13(14)15/h6-7,9,16-17H,4-5,8,10H2,1-3H3. The molecular formula is C15H22N2O. The highest BCUT2D eigenvalue weighted by Crippen LogP contribution is 2.26. The second-order valence-electron chi connectivity index (χ2n) is 4.55. The van der Waals surface area contributed by atoms with Gasteiger partial charge in [-0.1, -0.05) is 6.92 Å². The van der Waals surface area contributed by atoms with E-state index in [9.17, 15) is 0 Å². The fourth-order valence-electron chi connectivity index (χ4n) is 2.24. The monoisotopic (exact) mass is 246 g/mol. The highest BCUT2D eigenvalue weighted by molar-refractivity contribution is 5.86. The molecular weight excluding hydrogens is 224 g/mol. The van der Waals surface area contributed by atoms with E-state index >= 15 is 0 Å². The maximum atomic E-state index is 5.57. The molecule has 0 aliphatic heterocycles. The third-order valence-electron chi connectivity index (χ3n) is 3.13. The first kappa shape index (κ1) is 13.0. The van der Waals surface area contributed by atoms with Gasteiger partial charge in [-0.2, -0.15) is 0 Å². The van der Waals surface area contributed by atoms with Gasteiger partial charge in [0.05, 0.1) is 6.61 Å². The molecule has 0 unspecified atom stereocenters. The van der Waals surface area contributed by atoms with Crippen LogP contribution in [0.4, 0.5) is 0 Å². The Bertz CT molecular complexity index is 516. The summed E-state index contributed by atoms with van der Waals surface area (Å²) in [6.45, 7) is 8.99. The number of hydrogen-bond donors (Lipinski definition) is 2. The predicted molar refractivity (Wildman–Crippen MR) is 76.2 cm³/mol. The molecule has 0 aliphatic rings. The van der Waals surface area contributed by atoms with Gasteiger partial charge in [0, 0.05) is 23.1 Å². The molecule has 2 N–H and O–H groups in total. The van der Waals surface area contributed by atoms with Gasteiger partial charge in [0.25, 0.3) is 0 Å². The normalized spacial score (nSPS) is 11.1. The molecule has 3 nitrogen and oxygen atoms in total. The SMILES string of the molecule is CCCNCc1c(C)[nH]c2ccc(OCC)cc12. The number of ether oxygens (including phenoxy) is 1. The minimum atomic E-state index is 0.707. The van der Waals surface area contributed by atoms with Crippen molar-refractivity contribution in [2.75, 3.05) is 13.2 Å². The smallest absolute Gasteiger partial charge is 0.120 e. The molecule has 98 valence electrons. The van der Waals surface area contributed by atoms with Crippen molar-refractivity contribution >= 4 is 10.9 Å². The molecule has 3 heteroatoms. The Morgan fingerprint density at radius 2 is 2.11 bits per heavy atom. The summed E-state index contributed by atoms with van der Waals surface area (Å²) in [7, 11) is 0. The van der Waals surface area contributed by atoms with E-state index in [1.807, 2.05) is 13.0 Å². The van der Waals surface area contributed by atoms with Crippen molar-refractivity contribution in [3.8, 4) is 5.75 Å². The fraction of sp³-hybridized carbons (Fsp3) is 0.467. The zero-order valence-corrected chi connectivity index (χ0v) is 11.5. The van der Waals surface area contributed by atoms with Crippen LogP contribution < -0.4 is 10.1 Å². The van der Waals surface area contributed by atoms with E-state index in [-0.39, 0.29) is 0 Å². The Morgan fingerprint density at radius 3 is 2.83 bits per heavy atom. The molecule has 1 aromatic heterocycles. The Balaban J connectivity index is 2.31. The molecule has 0 saturated carbocycles. The summed E-state index contributed by atoms with van der Waals surface area (Å²) < 4.78 is 5.57. The number of rotatable bonds is 6. The van der Waals surface area contributed by atoms with Gasteiger partial charge in [-0.25, -0.2) is 0 Å². The topological polar surface area (TPSA) is 37.0 Å². The molecule has 0 radical (unpaired) electrons. The largest absolute Gasteiger partial charge is 0.494 e. The lowest BCUT2D eigenvalue weighted by molar-refractivity contribution is 0.340.